The third-order valence-electron chi connectivity index (χ3n) is 5.10. The molecule has 0 saturated carbocycles. The number of nitrogens with two attached hydrogens (primary N) is 1. The van der Waals surface area contributed by atoms with Gasteiger partial charge in [0.05, 0.1) is 5.56 Å². The molecule has 3 N–H and O–H groups in total. The van der Waals surface area contributed by atoms with Gasteiger partial charge in [-0.25, -0.2) is 9.80 Å². The number of hydrogen-bond acceptors (Lipinski definition) is 4. The van der Waals surface area contributed by atoms with Gasteiger partial charge in [0, 0.05) is 23.3 Å². The van der Waals surface area contributed by atoms with Gasteiger partial charge in [-0.05, 0) is 53.9 Å². The third-order valence-corrected chi connectivity index (χ3v) is 6.42. The maximum Gasteiger partial charge on any atom is 0.337 e. The molecule has 134 valence electrons. The average molecular weight is 359 g/mol. The summed E-state index contributed by atoms with van der Waals surface area (Å²) in [4.78, 5) is 14.2. The van der Waals surface area contributed by atoms with Crippen LogP contribution in [0.3, 0.4) is 0 Å². The minimum Gasteiger partial charge on any atom is -0.478 e. The lowest BCUT2D eigenvalue weighted by Crippen LogP contribution is -2.25. The summed E-state index contributed by atoms with van der Waals surface area (Å²) in [6.07, 6.45) is 2.91. The van der Waals surface area contributed by atoms with E-state index in [4.69, 9.17) is 5.84 Å². The number of benzene rings is 1. The van der Waals surface area contributed by atoms with Crippen LogP contribution in [0.15, 0.2) is 18.2 Å². The van der Waals surface area contributed by atoms with Crippen molar-refractivity contribution in [1.82, 2.24) is 5.01 Å². The molecule has 0 spiro atoms. The Bertz CT molecular complexity index is 821. The molecule has 3 rings (SSSR count). The zero-order valence-corrected chi connectivity index (χ0v) is 16.2. The summed E-state index contributed by atoms with van der Waals surface area (Å²) >= 11 is 1.66. The van der Waals surface area contributed by atoms with Gasteiger partial charge in [0.15, 0.2) is 0 Å². The molecule has 0 amide bonds. The second-order valence-corrected chi connectivity index (χ2v) is 8.96. The summed E-state index contributed by atoms with van der Waals surface area (Å²) in [7, 11) is 1.83. The molecule has 0 aliphatic heterocycles. The summed E-state index contributed by atoms with van der Waals surface area (Å²) in [5.74, 6) is 5.00. The van der Waals surface area contributed by atoms with E-state index in [0.717, 1.165) is 46.4 Å². The molecule has 2 aromatic rings. The molecular formula is C20H26N2O2S. The fourth-order valence-corrected chi connectivity index (χ4v) is 5.10. The van der Waals surface area contributed by atoms with Crippen LogP contribution >= 0.6 is 11.3 Å². The fraction of sp³-hybridized carbons (Fsp3) is 0.450. The number of carbonyl (C=O) groups is 1. The Kier molecular flexibility index (Phi) is 4.75. The SMILES string of the molecule is Cc1c(CN(C)N)cccc1-c1sc2c(c1C(=O)O)CC(C)(C)CC2. The van der Waals surface area contributed by atoms with Crippen molar-refractivity contribution < 1.29 is 9.90 Å². The molecule has 1 aliphatic carbocycles. The van der Waals surface area contributed by atoms with Crippen LogP contribution in [0.25, 0.3) is 10.4 Å². The first kappa shape index (κ1) is 18.1. The molecule has 0 atom stereocenters. The quantitative estimate of drug-likeness (QED) is 0.634. The lowest BCUT2D eigenvalue weighted by atomic mass is 9.76. The minimum atomic E-state index is -0.814. The van der Waals surface area contributed by atoms with Gasteiger partial charge in [-0.3, -0.25) is 5.84 Å². The molecule has 1 heterocycles. The number of nitrogens with zero attached hydrogens (tertiary/aromatic N) is 1. The second kappa shape index (κ2) is 6.56. The molecular weight excluding hydrogens is 332 g/mol. The van der Waals surface area contributed by atoms with Gasteiger partial charge in [-0.1, -0.05) is 32.0 Å². The molecule has 0 unspecified atom stereocenters. The molecule has 5 heteroatoms. The standard InChI is InChI=1S/C20H26N2O2S/c1-12-13(11-22(4)21)6-5-7-14(12)18-17(19(23)24)15-10-20(2,3)9-8-16(15)25-18/h5-7H,8-11,21H2,1-4H3,(H,23,24). The van der Waals surface area contributed by atoms with Crippen molar-refractivity contribution in [3.63, 3.8) is 0 Å². The largest absolute Gasteiger partial charge is 0.478 e. The van der Waals surface area contributed by atoms with Crippen LogP contribution in [0.1, 0.15) is 52.2 Å². The maximum absolute atomic E-state index is 12.1. The molecule has 1 aliphatic rings. The number of thiophene rings is 1. The Morgan fingerprint density at radius 2 is 2.12 bits per heavy atom. The molecule has 0 fully saturated rings. The van der Waals surface area contributed by atoms with E-state index in [-0.39, 0.29) is 5.41 Å². The zero-order valence-electron chi connectivity index (χ0n) is 15.3. The summed E-state index contributed by atoms with van der Waals surface area (Å²) < 4.78 is 0. The zero-order chi connectivity index (χ0) is 18.4. The van der Waals surface area contributed by atoms with E-state index in [0.29, 0.717) is 12.1 Å². The van der Waals surface area contributed by atoms with Crippen molar-refractivity contribution in [2.45, 2.75) is 46.6 Å². The number of carboxylic acid groups (broad SMARTS) is 1. The molecule has 0 radical (unpaired) electrons. The van der Waals surface area contributed by atoms with Crippen molar-refractivity contribution in [2.75, 3.05) is 7.05 Å². The van der Waals surface area contributed by atoms with Crippen molar-refractivity contribution in [3.05, 3.63) is 45.3 Å². The molecule has 1 aromatic heterocycles. The topological polar surface area (TPSA) is 66.6 Å². The van der Waals surface area contributed by atoms with E-state index >= 15 is 0 Å². The van der Waals surface area contributed by atoms with Crippen LogP contribution in [-0.4, -0.2) is 23.1 Å². The number of aryl methyl sites for hydroxylation is 1. The summed E-state index contributed by atoms with van der Waals surface area (Å²) in [6, 6.07) is 6.08. The van der Waals surface area contributed by atoms with Crippen molar-refractivity contribution >= 4 is 17.3 Å². The minimum absolute atomic E-state index is 0.161. The van der Waals surface area contributed by atoms with Crippen LogP contribution in [0.4, 0.5) is 0 Å². The van der Waals surface area contributed by atoms with Crippen LogP contribution in [0.2, 0.25) is 0 Å². The number of carboxylic acids is 1. The number of rotatable bonds is 4. The average Bonchev–Trinajstić information content (AvgIpc) is 2.86. The smallest absolute Gasteiger partial charge is 0.337 e. The summed E-state index contributed by atoms with van der Waals surface area (Å²) in [5.41, 5.74) is 4.98. The van der Waals surface area contributed by atoms with E-state index in [1.54, 1.807) is 16.3 Å². The Hall–Kier alpha value is -1.69. The van der Waals surface area contributed by atoms with Crippen LogP contribution in [-0.2, 0) is 19.4 Å². The Balaban J connectivity index is 2.16. The maximum atomic E-state index is 12.1. The highest BCUT2D eigenvalue weighted by Crippen LogP contribution is 2.45. The van der Waals surface area contributed by atoms with E-state index in [1.807, 2.05) is 19.2 Å². The monoisotopic (exact) mass is 358 g/mol. The third kappa shape index (κ3) is 3.50. The second-order valence-electron chi connectivity index (χ2n) is 7.86. The Morgan fingerprint density at radius 3 is 2.76 bits per heavy atom. The van der Waals surface area contributed by atoms with Crippen LogP contribution in [0.5, 0.6) is 0 Å². The van der Waals surface area contributed by atoms with E-state index in [2.05, 4.69) is 26.8 Å². The van der Waals surface area contributed by atoms with E-state index < -0.39 is 5.97 Å². The number of aromatic carboxylic acids is 1. The predicted molar refractivity (Wildman–Crippen MR) is 103 cm³/mol. The van der Waals surface area contributed by atoms with Crippen LogP contribution < -0.4 is 5.84 Å². The van der Waals surface area contributed by atoms with E-state index in [1.165, 1.54) is 4.88 Å². The Labute approximate surface area is 153 Å². The molecule has 4 nitrogen and oxygen atoms in total. The number of fused-ring (bicyclic) bond motifs is 1. The molecule has 25 heavy (non-hydrogen) atoms. The van der Waals surface area contributed by atoms with Crippen LogP contribution in [0, 0.1) is 12.3 Å². The highest BCUT2D eigenvalue weighted by atomic mass is 32.1. The van der Waals surface area contributed by atoms with Gasteiger partial charge in [-0.2, -0.15) is 0 Å². The lowest BCUT2D eigenvalue weighted by Gasteiger charge is -2.29. The van der Waals surface area contributed by atoms with Gasteiger partial charge in [0.1, 0.15) is 0 Å². The summed E-state index contributed by atoms with van der Waals surface area (Å²) in [5, 5.41) is 11.6. The lowest BCUT2D eigenvalue weighted by molar-refractivity contribution is 0.0696. The first-order chi connectivity index (χ1) is 11.7. The van der Waals surface area contributed by atoms with Crippen molar-refractivity contribution in [2.24, 2.45) is 11.3 Å². The van der Waals surface area contributed by atoms with Crippen molar-refractivity contribution in [3.8, 4) is 10.4 Å². The summed E-state index contributed by atoms with van der Waals surface area (Å²) in [6.45, 7) is 7.15. The number of hydrazine groups is 1. The van der Waals surface area contributed by atoms with Gasteiger partial charge in [0.25, 0.3) is 0 Å². The molecule has 1 aromatic carbocycles. The Morgan fingerprint density at radius 1 is 1.40 bits per heavy atom. The highest BCUT2D eigenvalue weighted by Gasteiger charge is 2.33. The van der Waals surface area contributed by atoms with Gasteiger partial charge in [0.2, 0.25) is 0 Å². The normalized spacial score (nSPS) is 16.1. The van der Waals surface area contributed by atoms with Gasteiger partial charge < -0.3 is 5.11 Å². The molecule has 0 bridgehead atoms. The fourth-order valence-electron chi connectivity index (χ4n) is 3.71. The predicted octanol–water partition coefficient (Wildman–Crippen LogP) is 4.24. The first-order valence-electron chi connectivity index (χ1n) is 8.62. The highest BCUT2D eigenvalue weighted by molar-refractivity contribution is 7.16. The van der Waals surface area contributed by atoms with Gasteiger partial charge in [-0.15, -0.1) is 11.3 Å². The number of hydrogen-bond donors (Lipinski definition) is 2. The molecule has 0 saturated heterocycles. The van der Waals surface area contributed by atoms with E-state index in [9.17, 15) is 9.90 Å². The van der Waals surface area contributed by atoms with Crippen molar-refractivity contribution in [1.29, 1.82) is 0 Å². The first-order valence-corrected chi connectivity index (χ1v) is 9.44. The van der Waals surface area contributed by atoms with Gasteiger partial charge >= 0.3 is 5.97 Å².